The zero-order valence-electron chi connectivity index (χ0n) is 15.8. The van der Waals surface area contributed by atoms with E-state index in [2.05, 4.69) is 19.1 Å². The molecule has 0 unspecified atom stereocenters. The van der Waals surface area contributed by atoms with Gasteiger partial charge >= 0.3 is 0 Å². The van der Waals surface area contributed by atoms with Crippen LogP contribution >= 0.6 is 0 Å². The van der Waals surface area contributed by atoms with Gasteiger partial charge in [-0.1, -0.05) is 73.7 Å². The van der Waals surface area contributed by atoms with Gasteiger partial charge in [-0.25, -0.2) is 0 Å². The van der Waals surface area contributed by atoms with Crippen molar-refractivity contribution in [2.45, 2.75) is 32.5 Å². The van der Waals surface area contributed by atoms with Gasteiger partial charge in [-0.2, -0.15) is 0 Å². The molecule has 3 nitrogen and oxygen atoms in total. The van der Waals surface area contributed by atoms with Gasteiger partial charge in [0, 0.05) is 5.92 Å². The molecule has 2 atom stereocenters. The van der Waals surface area contributed by atoms with Gasteiger partial charge < -0.3 is 14.6 Å². The van der Waals surface area contributed by atoms with E-state index in [0.29, 0.717) is 18.1 Å². The molecular weight excluding hydrogens is 336 g/mol. The van der Waals surface area contributed by atoms with Crippen molar-refractivity contribution in [3.8, 4) is 11.5 Å². The summed E-state index contributed by atoms with van der Waals surface area (Å²) in [4.78, 5) is 0. The molecule has 0 aliphatic heterocycles. The molecule has 0 radical (unpaired) electrons. The topological polar surface area (TPSA) is 38.7 Å². The van der Waals surface area contributed by atoms with Crippen LogP contribution in [0.25, 0.3) is 0 Å². The van der Waals surface area contributed by atoms with E-state index in [1.807, 2.05) is 73.7 Å². The molecule has 0 aromatic heterocycles. The first-order valence-electron chi connectivity index (χ1n) is 9.30. The number of hydrogen-bond acceptors (Lipinski definition) is 3. The molecule has 3 rings (SSSR count). The van der Waals surface area contributed by atoms with Crippen LogP contribution in [0.4, 0.5) is 0 Å². The average Bonchev–Trinajstić information content (AvgIpc) is 2.73. The van der Waals surface area contributed by atoms with Crippen LogP contribution in [-0.2, 0) is 6.61 Å². The van der Waals surface area contributed by atoms with E-state index < -0.39 is 0 Å². The highest BCUT2D eigenvalue weighted by molar-refractivity contribution is 5.43. The Kier molecular flexibility index (Phi) is 6.50. The van der Waals surface area contributed by atoms with Gasteiger partial charge in [-0.15, -0.1) is 0 Å². The van der Waals surface area contributed by atoms with Crippen LogP contribution in [0.2, 0.25) is 0 Å². The Morgan fingerprint density at radius 2 is 1.41 bits per heavy atom. The van der Waals surface area contributed by atoms with Crippen molar-refractivity contribution in [1.29, 1.82) is 0 Å². The summed E-state index contributed by atoms with van der Waals surface area (Å²) in [5.74, 6) is 1.61. The van der Waals surface area contributed by atoms with Crippen LogP contribution in [0, 0.1) is 0 Å². The number of aliphatic hydroxyl groups is 1. The molecule has 1 N–H and O–H groups in total. The van der Waals surface area contributed by atoms with Crippen molar-refractivity contribution in [1.82, 2.24) is 0 Å². The first-order chi connectivity index (χ1) is 13.2. The summed E-state index contributed by atoms with van der Waals surface area (Å²) < 4.78 is 12.3. The van der Waals surface area contributed by atoms with Crippen molar-refractivity contribution in [3.63, 3.8) is 0 Å². The fourth-order valence-electron chi connectivity index (χ4n) is 2.94. The van der Waals surface area contributed by atoms with E-state index in [1.54, 1.807) is 0 Å². The molecule has 0 saturated heterocycles. The first kappa shape index (κ1) is 19.0. The van der Waals surface area contributed by atoms with Crippen molar-refractivity contribution >= 4 is 0 Å². The predicted octanol–water partition coefficient (Wildman–Crippen LogP) is 5.50. The second-order valence-corrected chi connectivity index (χ2v) is 6.73. The van der Waals surface area contributed by atoms with Gasteiger partial charge in [0.2, 0.25) is 0 Å². The van der Waals surface area contributed by atoms with Gasteiger partial charge in [0.05, 0.1) is 13.2 Å². The summed E-state index contributed by atoms with van der Waals surface area (Å²) >= 11 is 0. The lowest BCUT2D eigenvalue weighted by Crippen LogP contribution is -2.09. The van der Waals surface area contributed by atoms with Crippen LogP contribution < -0.4 is 9.47 Å². The van der Waals surface area contributed by atoms with Gasteiger partial charge in [-0.05, 0) is 35.7 Å². The summed E-state index contributed by atoms with van der Waals surface area (Å²) in [5, 5.41) is 9.47. The first-order valence-corrected chi connectivity index (χ1v) is 9.30. The minimum absolute atomic E-state index is 0.0310. The SMILES string of the molecule is C[C@H](COc1ccc(CO)cc1O[C@@H](C)c1ccccc1)c1ccccc1. The Morgan fingerprint density at radius 1 is 0.778 bits per heavy atom. The third kappa shape index (κ3) is 5.11. The van der Waals surface area contributed by atoms with E-state index in [1.165, 1.54) is 5.56 Å². The lowest BCUT2D eigenvalue weighted by Gasteiger charge is -2.20. The minimum atomic E-state index is -0.117. The molecule has 0 saturated carbocycles. The summed E-state index contributed by atoms with van der Waals surface area (Å²) in [5.41, 5.74) is 3.13. The Labute approximate surface area is 161 Å². The molecule has 0 bridgehead atoms. The molecule has 3 heteroatoms. The predicted molar refractivity (Wildman–Crippen MR) is 108 cm³/mol. The Hall–Kier alpha value is -2.78. The van der Waals surface area contributed by atoms with Crippen molar-refractivity contribution in [3.05, 3.63) is 95.6 Å². The lowest BCUT2D eigenvalue weighted by atomic mass is 10.0. The van der Waals surface area contributed by atoms with Gasteiger partial charge in [0.1, 0.15) is 6.10 Å². The second-order valence-electron chi connectivity index (χ2n) is 6.73. The van der Waals surface area contributed by atoms with E-state index in [-0.39, 0.29) is 18.6 Å². The molecule has 3 aromatic carbocycles. The maximum Gasteiger partial charge on any atom is 0.162 e. The second kappa shape index (κ2) is 9.24. The molecule has 0 heterocycles. The number of rotatable bonds is 8. The molecular formula is C24H26O3. The zero-order valence-corrected chi connectivity index (χ0v) is 15.8. The summed E-state index contributed by atoms with van der Waals surface area (Å²) in [6, 6.07) is 26.0. The van der Waals surface area contributed by atoms with Crippen LogP contribution in [0.1, 0.15) is 42.6 Å². The normalized spacial score (nSPS) is 13.0. The number of aliphatic hydroxyl groups excluding tert-OH is 1. The third-order valence-corrected chi connectivity index (χ3v) is 4.62. The van der Waals surface area contributed by atoms with Crippen LogP contribution in [0.3, 0.4) is 0 Å². The molecule has 3 aromatic rings. The van der Waals surface area contributed by atoms with Crippen LogP contribution in [0.15, 0.2) is 78.9 Å². The fourth-order valence-corrected chi connectivity index (χ4v) is 2.94. The zero-order chi connectivity index (χ0) is 19.1. The molecule has 0 aliphatic rings. The molecule has 0 aliphatic carbocycles. The summed E-state index contributed by atoms with van der Waals surface area (Å²) in [7, 11) is 0. The molecule has 0 amide bonds. The molecule has 140 valence electrons. The summed E-state index contributed by atoms with van der Waals surface area (Å²) in [6.07, 6.45) is -0.117. The molecule has 27 heavy (non-hydrogen) atoms. The van der Waals surface area contributed by atoms with Gasteiger partial charge in [-0.3, -0.25) is 0 Å². The summed E-state index contributed by atoms with van der Waals surface area (Å²) in [6.45, 7) is 4.68. The Balaban J connectivity index is 1.74. The van der Waals surface area contributed by atoms with Gasteiger partial charge in [0.15, 0.2) is 11.5 Å². The number of ether oxygens (including phenoxy) is 2. The highest BCUT2D eigenvalue weighted by atomic mass is 16.5. The van der Waals surface area contributed by atoms with E-state index >= 15 is 0 Å². The quantitative estimate of drug-likeness (QED) is 0.575. The van der Waals surface area contributed by atoms with E-state index in [0.717, 1.165) is 11.1 Å². The average molecular weight is 362 g/mol. The van der Waals surface area contributed by atoms with Crippen molar-refractivity contribution in [2.24, 2.45) is 0 Å². The smallest absolute Gasteiger partial charge is 0.162 e. The van der Waals surface area contributed by atoms with E-state index in [4.69, 9.17) is 9.47 Å². The fraction of sp³-hybridized carbons (Fsp3) is 0.250. The Bertz CT molecular complexity index is 831. The maximum absolute atomic E-state index is 9.47. The third-order valence-electron chi connectivity index (χ3n) is 4.62. The minimum Gasteiger partial charge on any atom is -0.489 e. The standard InChI is InChI=1S/C24H26O3/c1-18(21-9-5-3-6-10-21)17-26-23-14-13-20(16-25)15-24(23)27-19(2)22-11-7-4-8-12-22/h3-15,18-19,25H,16-17H2,1-2H3/t18-,19+/m1/s1. The van der Waals surface area contributed by atoms with Crippen molar-refractivity contribution in [2.75, 3.05) is 6.61 Å². The van der Waals surface area contributed by atoms with Gasteiger partial charge in [0.25, 0.3) is 0 Å². The highest BCUT2D eigenvalue weighted by Crippen LogP contribution is 2.33. The van der Waals surface area contributed by atoms with Crippen molar-refractivity contribution < 1.29 is 14.6 Å². The largest absolute Gasteiger partial charge is 0.489 e. The molecule has 0 spiro atoms. The Morgan fingerprint density at radius 3 is 2.04 bits per heavy atom. The molecule has 0 fully saturated rings. The van der Waals surface area contributed by atoms with Crippen LogP contribution in [-0.4, -0.2) is 11.7 Å². The number of hydrogen-bond donors (Lipinski definition) is 1. The van der Waals surface area contributed by atoms with Crippen LogP contribution in [0.5, 0.6) is 11.5 Å². The maximum atomic E-state index is 9.47. The lowest BCUT2D eigenvalue weighted by molar-refractivity contribution is 0.204. The highest BCUT2D eigenvalue weighted by Gasteiger charge is 2.14. The monoisotopic (exact) mass is 362 g/mol. The number of benzene rings is 3. The van der Waals surface area contributed by atoms with E-state index in [9.17, 15) is 5.11 Å².